The van der Waals surface area contributed by atoms with Crippen molar-refractivity contribution in [3.63, 3.8) is 0 Å². The second-order valence-electron chi connectivity index (χ2n) is 4.63. The summed E-state index contributed by atoms with van der Waals surface area (Å²) >= 11 is 13.3. The average molecular weight is 403 g/mol. The minimum Gasteiger partial charge on any atom is -0.371 e. The van der Waals surface area contributed by atoms with Crippen LogP contribution in [0.1, 0.15) is 0 Å². The number of rotatable bonds is 0. The number of ether oxygens (including phenoxy) is 3. The van der Waals surface area contributed by atoms with Crippen LogP contribution in [0, 0.1) is 0 Å². The zero-order valence-corrected chi connectivity index (χ0v) is 16.5. The fourth-order valence-corrected chi connectivity index (χ4v) is 2.99. The highest BCUT2D eigenvalue weighted by molar-refractivity contribution is 8.18. The highest BCUT2D eigenvalue weighted by Gasteiger charge is 2.19. The first-order chi connectivity index (χ1) is 11.2. The van der Waals surface area contributed by atoms with Crippen LogP contribution in [0.25, 0.3) is 0 Å². The molecule has 0 saturated carbocycles. The molecule has 6 N–H and O–H groups in total. The van der Waals surface area contributed by atoms with Crippen LogP contribution in [0.5, 0.6) is 0 Å². The molecule has 0 aliphatic carbocycles. The van der Waals surface area contributed by atoms with Gasteiger partial charge in [-0.05, 0) is 24.4 Å². The summed E-state index contributed by atoms with van der Waals surface area (Å²) in [6, 6.07) is 0. The van der Waals surface area contributed by atoms with E-state index in [9.17, 15) is 0 Å². The van der Waals surface area contributed by atoms with Crippen molar-refractivity contribution in [2.45, 2.75) is 0 Å². The van der Waals surface area contributed by atoms with E-state index in [-0.39, 0.29) is 0 Å². The quantitative estimate of drug-likeness (QED) is 0.301. The highest BCUT2D eigenvalue weighted by Crippen LogP contribution is 2.03. The summed E-state index contributed by atoms with van der Waals surface area (Å²) in [6.45, 7) is 6.51. The van der Waals surface area contributed by atoms with E-state index in [0.29, 0.717) is 39.6 Å². The SMILES string of the molecule is [NH3+]SC(=S)N1CCOCC[O+]CCN(C(=S)S[NH3+])CC[O+]CC1. The van der Waals surface area contributed by atoms with Crippen LogP contribution >= 0.6 is 48.3 Å². The molecule has 1 aliphatic heterocycles. The molecule has 0 amide bonds. The molecule has 0 atom stereocenters. The Kier molecular flexibility index (Phi) is 12.6. The van der Waals surface area contributed by atoms with Gasteiger partial charge in [-0.1, -0.05) is 0 Å². The minimum absolute atomic E-state index is 0.573. The van der Waals surface area contributed by atoms with Crippen LogP contribution in [-0.2, 0) is 14.2 Å². The monoisotopic (exact) mass is 402 g/mol. The van der Waals surface area contributed by atoms with Gasteiger partial charge in [0.05, 0.1) is 26.2 Å². The van der Waals surface area contributed by atoms with Gasteiger partial charge in [0.25, 0.3) is 0 Å². The van der Waals surface area contributed by atoms with Crippen LogP contribution < -0.4 is 10.3 Å². The zero-order chi connectivity index (χ0) is 16.9. The maximum atomic E-state index is 5.72. The summed E-state index contributed by atoms with van der Waals surface area (Å²) in [7, 11) is 0. The third-order valence-electron chi connectivity index (χ3n) is 3.16. The molecular formula is C12H26N4O3S4+4. The van der Waals surface area contributed by atoms with Crippen LogP contribution in [0.15, 0.2) is 0 Å². The first-order valence-corrected chi connectivity index (χ1v) is 10.1. The Morgan fingerprint density at radius 3 is 1.78 bits per heavy atom. The maximum absolute atomic E-state index is 5.72. The summed E-state index contributed by atoms with van der Waals surface area (Å²) in [5.74, 6) is 0. The Morgan fingerprint density at radius 2 is 1.26 bits per heavy atom. The zero-order valence-electron chi connectivity index (χ0n) is 13.2. The van der Waals surface area contributed by atoms with Crippen LogP contribution in [-0.4, -0.2) is 84.3 Å². The molecule has 1 aliphatic rings. The molecule has 2 radical (unpaired) electrons. The van der Waals surface area contributed by atoms with E-state index in [1.54, 1.807) is 0 Å². The first-order valence-electron chi connectivity index (χ1n) is 7.34. The Morgan fingerprint density at radius 1 is 0.783 bits per heavy atom. The van der Waals surface area contributed by atoms with E-state index in [4.69, 9.17) is 38.6 Å². The van der Waals surface area contributed by atoms with E-state index in [1.807, 2.05) is 0 Å². The van der Waals surface area contributed by atoms with Crippen molar-refractivity contribution in [3.8, 4) is 0 Å². The van der Waals surface area contributed by atoms with Gasteiger partial charge in [-0.3, -0.25) is 10.3 Å². The molecular weight excluding hydrogens is 376 g/mol. The van der Waals surface area contributed by atoms with Gasteiger partial charge in [0.2, 0.25) is 26.4 Å². The summed E-state index contributed by atoms with van der Waals surface area (Å²) < 4.78 is 18.4. The molecule has 1 saturated heterocycles. The molecule has 132 valence electrons. The fraction of sp³-hybridized carbons (Fsp3) is 0.833. The normalized spacial score (nSPS) is 19.7. The van der Waals surface area contributed by atoms with Crippen molar-refractivity contribution in [2.24, 2.45) is 0 Å². The molecule has 0 aromatic carbocycles. The summed E-state index contributed by atoms with van der Waals surface area (Å²) in [4.78, 5) is 4.11. The second-order valence-corrected chi connectivity index (χ2v) is 7.27. The number of quaternary nitrogens is 2. The van der Waals surface area contributed by atoms with Crippen molar-refractivity contribution >= 4 is 57.0 Å². The predicted molar refractivity (Wildman–Crippen MR) is 102 cm³/mol. The Labute approximate surface area is 157 Å². The standard InChI is InChI=1S/C12H24N4O3S4/c13-22-11(20)15-1-5-17-6-2-16(12(21)23-14)4-8-19-10-9-18-7-3-15/h1-10,13-14H2/q+2/p+2. The largest absolute Gasteiger partial charge is 0.371 e. The predicted octanol–water partition coefficient (Wildman–Crippen LogP) is -0.996. The average Bonchev–Trinajstić information content (AvgIpc) is 2.58. The van der Waals surface area contributed by atoms with E-state index in [0.717, 1.165) is 34.8 Å². The first kappa shape index (κ1) is 21.3. The minimum atomic E-state index is 0.573. The number of nitrogens with zero attached hydrogens (tertiary/aromatic N) is 2. The van der Waals surface area contributed by atoms with Crippen molar-refractivity contribution in [3.05, 3.63) is 0 Å². The topological polar surface area (TPSA) is 93.6 Å². The molecule has 1 rings (SSSR count). The van der Waals surface area contributed by atoms with Gasteiger partial charge in [0, 0.05) is 6.54 Å². The molecule has 7 nitrogen and oxygen atoms in total. The lowest BCUT2D eigenvalue weighted by molar-refractivity contribution is -0.134. The lowest BCUT2D eigenvalue weighted by Crippen LogP contribution is -2.45. The molecule has 1 fully saturated rings. The number of thiocarbonyl (C=S) groups is 2. The molecule has 0 unspecified atom stereocenters. The van der Waals surface area contributed by atoms with Crippen molar-refractivity contribution in [1.82, 2.24) is 9.80 Å². The number of hydrogen-bond acceptors (Lipinski definition) is 7. The molecule has 0 aromatic heterocycles. The summed E-state index contributed by atoms with van der Waals surface area (Å²) in [5, 5.41) is 7.54. The van der Waals surface area contributed by atoms with Crippen molar-refractivity contribution < 1.29 is 24.5 Å². The van der Waals surface area contributed by atoms with Gasteiger partial charge in [0.1, 0.15) is 30.5 Å². The molecule has 23 heavy (non-hydrogen) atoms. The van der Waals surface area contributed by atoms with Crippen molar-refractivity contribution in [1.29, 1.82) is 0 Å². The van der Waals surface area contributed by atoms with Gasteiger partial charge in [-0.15, -0.1) is 9.47 Å². The van der Waals surface area contributed by atoms with Crippen molar-refractivity contribution in [2.75, 3.05) is 65.8 Å². The van der Waals surface area contributed by atoms with E-state index < -0.39 is 0 Å². The third kappa shape index (κ3) is 9.37. The lowest BCUT2D eigenvalue weighted by atomic mass is 10.5. The van der Waals surface area contributed by atoms with Gasteiger partial charge >= 0.3 is 0 Å². The molecule has 1 heterocycles. The van der Waals surface area contributed by atoms with Crippen LogP contribution in [0.2, 0.25) is 0 Å². The van der Waals surface area contributed by atoms with Crippen LogP contribution in [0.4, 0.5) is 0 Å². The highest BCUT2D eigenvalue weighted by atomic mass is 32.2. The van der Waals surface area contributed by atoms with E-state index in [1.165, 1.54) is 23.9 Å². The third-order valence-corrected chi connectivity index (χ3v) is 5.39. The van der Waals surface area contributed by atoms with Gasteiger partial charge in [0.15, 0.2) is 8.64 Å². The van der Waals surface area contributed by atoms with Crippen LogP contribution in [0.3, 0.4) is 0 Å². The lowest BCUT2D eigenvalue weighted by Gasteiger charge is -2.19. The molecule has 0 spiro atoms. The van der Waals surface area contributed by atoms with Gasteiger partial charge in [-0.2, -0.15) is 0 Å². The van der Waals surface area contributed by atoms with Gasteiger partial charge < -0.3 is 14.5 Å². The summed E-state index contributed by atoms with van der Waals surface area (Å²) in [5.41, 5.74) is 0. The fourth-order valence-electron chi connectivity index (χ4n) is 1.89. The van der Waals surface area contributed by atoms with E-state index in [2.05, 4.69) is 20.1 Å². The second kappa shape index (κ2) is 13.6. The molecule has 11 heteroatoms. The molecule has 0 aromatic rings. The number of hydrogen-bond donors (Lipinski definition) is 2. The maximum Gasteiger partial charge on any atom is 0.243 e. The van der Waals surface area contributed by atoms with Gasteiger partial charge in [-0.25, -0.2) is 0 Å². The summed E-state index contributed by atoms with van der Waals surface area (Å²) in [6.07, 6.45) is 0. The smallest absolute Gasteiger partial charge is 0.243 e. The molecule has 0 bridgehead atoms. The Hall–Kier alpha value is 0.280. The Balaban J connectivity index is 2.50. The van der Waals surface area contributed by atoms with E-state index >= 15 is 0 Å². The Bertz CT molecular complexity index is 333.